The number of ether oxygens (including phenoxy) is 2. The maximum absolute atomic E-state index is 11.7. The van der Waals surface area contributed by atoms with Gasteiger partial charge in [-0.15, -0.1) is 0 Å². The van der Waals surface area contributed by atoms with Gasteiger partial charge in [0.15, 0.2) is 18.1 Å². The van der Waals surface area contributed by atoms with Gasteiger partial charge in [0.25, 0.3) is 5.91 Å². The molecule has 0 spiro atoms. The fourth-order valence-electron chi connectivity index (χ4n) is 2.34. The molecule has 0 unspecified atom stereocenters. The Morgan fingerprint density at radius 3 is 2.48 bits per heavy atom. The van der Waals surface area contributed by atoms with Crippen molar-refractivity contribution in [1.82, 2.24) is 10.9 Å². The number of hydrogen-bond acceptors (Lipinski definition) is 4. The number of amides is 2. The lowest BCUT2D eigenvalue weighted by Crippen LogP contribution is -2.45. The topological polar surface area (TPSA) is 76.7 Å². The molecule has 2 N–H and O–H groups in total. The average molecular weight is 292 g/mol. The van der Waals surface area contributed by atoms with Gasteiger partial charge in [-0.2, -0.15) is 0 Å². The first-order valence-corrected chi connectivity index (χ1v) is 7.05. The van der Waals surface area contributed by atoms with E-state index in [1.165, 1.54) is 7.11 Å². The van der Waals surface area contributed by atoms with E-state index < -0.39 is 5.91 Å². The van der Waals surface area contributed by atoms with Crippen LogP contribution in [0.4, 0.5) is 0 Å². The van der Waals surface area contributed by atoms with Gasteiger partial charge < -0.3 is 9.47 Å². The predicted octanol–water partition coefficient (Wildman–Crippen LogP) is 1.41. The van der Waals surface area contributed by atoms with E-state index in [1.807, 2.05) is 6.07 Å². The van der Waals surface area contributed by atoms with Gasteiger partial charge in [-0.1, -0.05) is 25.0 Å². The molecule has 2 rings (SSSR count). The van der Waals surface area contributed by atoms with E-state index in [0.29, 0.717) is 11.5 Å². The van der Waals surface area contributed by atoms with Crippen molar-refractivity contribution >= 4 is 11.8 Å². The molecular formula is C15H20N2O4. The van der Waals surface area contributed by atoms with E-state index in [9.17, 15) is 9.59 Å². The van der Waals surface area contributed by atoms with Crippen molar-refractivity contribution in [2.75, 3.05) is 13.7 Å². The summed E-state index contributed by atoms with van der Waals surface area (Å²) in [5.41, 5.74) is 4.80. The van der Waals surface area contributed by atoms with Crippen LogP contribution in [-0.2, 0) is 9.59 Å². The van der Waals surface area contributed by atoms with Crippen molar-refractivity contribution in [3.05, 3.63) is 24.3 Å². The van der Waals surface area contributed by atoms with Crippen molar-refractivity contribution in [3.63, 3.8) is 0 Å². The molecule has 1 aromatic rings. The predicted molar refractivity (Wildman–Crippen MR) is 76.7 cm³/mol. The average Bonchev–Trinajstić information content (AvgIpc) is 3.05. The van der Waals surface area contributed by atoms with Crippen LogP contribution in [0, 0.1) is 5.92 Å². The Bertz CT molecular complexity index is 498. The summed E-state index contributed by atoms with van der Waals surface area (Å²) in [4.78, 5) is 23.4. The molecule has 0 aliphatic heterocycles. The Hall–Kier alpha value is -2.24. The molecule has 0 saturated heterocycles. The normalized spacial score (nSPS) is 14.5. The molecule has 1 aliphatic rings. The number of hydrogen-bond donors (Lipinski definition) is 2. The highest BCUT2D eigenvalue weighted by atomic mass is 16.5. The lowest BCUT2D eigenvalue weighted by molar-refractivity contribution is -0.132. The summed E-state index contributed by atoms with van der Waals surface area (Å²) < 4.78 is 10.5. The first-order chi connectivity index (χ1) is 10.2. The van der Waals surface area contributed by atoms with Crippen molar-refractivity contribution < 1.29 is 19.1 Å². The van der Waals surface area contributed by atoms with Crippen LogP contribution in [0.2, 0.25) is 0 Å². The molecule has 0 bridgehead atoms. The van der Waals surface area contributed by atoms with Gasteiger partial charge in [0, 0.05) is 5.92 Å². The summed E-state index contributed by atoms with van der Waals surface area (Å²) in [7, 11) is 1.53. The molecule has 1 fully saturated rings. The van der Waals surface area contributed by atoms with Crippen LogP contribution in [0.5, 0.6) is 11.5 Å². The van der Waals surface area contributed by atoms with Crippen LogP contribution >= 0.6 is 0 Å². The standard InChI is InChI=1S/C15H20N2O4/c1-20-12-8-4-5-9-13(12)21-10-14(18)16-17-15(19)11-6-2-3-7-11/h4-5,8-9,11H,2-3,6-7,10H2,1H3,(H,16,18)(H,17,19). The Labute approximate surface area is 123 Å². The number of rotatable bonds is 5. The van der Waals surface area contributed by atoms with E-state index in [2.05, 4.69) is 10.9 Å². The third kappa shape index (κ3) is 4.37. The first-order valence-electron chi connectivity index (χ1n) is 7.05. The van der Waals surface area contributed by atoms with E-state index in [1.54, 1.807) is 18.2 Å². The number of para-hydroxylation sites is 2. The minimum absolute atomic E-state index is 0.0143. The first kappa shape index (κ1) is 15.2. The second-order valence-corrected chi connectivity index (χ2v) is 4.96. The summed E-state index contributed by atoms with van der Waals surface area (Å²) in [6.45, 7) is -0.189. The Kier molecular flexibility index (Phi) is 5.43. The summed E-state index contributed by atoms with van der Waals surface area (Å²) in [6.07, 6.45) is 3.92. The largest absolute Gasteiger partial charge is 0.493 e. The smallest absolute Gasteiger partial charge is 0.276 e. The van der Waals surface area contributed by atoms with Gasteiger partial charge in [0.05, 0.1) is 7.11 Å². The minimum atomic E-state index is -0.410. The molecule has 1 aliphatic carbocycles. The highest BCUT2D eigenvalue weighted by Gasteiger charge is 2.22. The molecule has 114 valence electrons. The third-order valence-corrected chi connectivity index (χ3v) is 3.48. The summed E-state index contributed by atoms with van der Waals surface area (Å²) in [6, 6.07) is 7.06. The van der Waals surface area contributed by atoms with Crippen LogP contribution in [0.1, 0.15) is 25.7 Å². The zero-order chi connectivity index (χ0) is 15.1. The van der Waals surface area contributed by atoms with E-state index in [-0.39, 0.29) is 18.4 Å². The van der Waals surface area contributed by atoms with Gasteiger partial charge in [-0.05, 0) is 25.0 Å². The molecule has 6 nitrogen and oxygen atoms in total. The van der Waals surface area contributed by atoms with Gasteiger partial charge in [-0.25, -0.2) is 0 Å². The molecule has 6 heteroatoms. The van der Waals surface area contributed by atoms with Crippen LogP contribution in [-0.4, -0.2) is 25.5 Å². The lowest BCUT2D eigenvalue weighted by atomic mass is 10.1. The van der Waals surface area contributed by atoms with Crippen molar-refractivity contribution in [3.8, 4) is 11.5 Å². The Morgan fingerprint density at radius 1 is 1.14 bits per heavy atom. The highest BCUT2D eigenvalue weighted by molar-refractivity contribution is 5.84. The zero-order valence-electron chi connectivity index (χ0n) is 12.1. The van der Waals surface area contributed by atoms with Crippen LogP contribution in [0.15, 0.2) is 24.3 Å². The molecule has 0 radical (unpaired) electrons. The van der Waals surface area contributed by atoms with E-state index in [0.717, 1.165) is 25.7 Å². The highest BCUT2D eigenvalue weighted by Crippen LogP contribution is 2.25. The molecular weight excluding hydrogens is 272 g/mol. The summed E-state index contributed by atoms with van der Waals surface area (Å²) in [5, 5.41) is 0. The van der Waals surface area contributed by atoms with Gasteiger partial charge in [0.2, 0.25) is 5.91 Å². The second-order valence-electron chi connectivity index (χ2n) is 4.96. The molecule has 2 amide bonds. The van der Waals surface area contributed by atoms with E-state index in [4.69, 9.17) is 9.47 Å². The Balaban J connectivity index is 1.73. The number of methoxy groups -OCH3 is 1. The van der Waals surface area contributed by atoms with E-state index >= 15 is 0 Å². The SMILES string of the molecule is COc1ccccc1OCC(=O)NNC(=O)C1CCCC1. The quantitative estimate of drug-likeness (QED) is 0.805. The van der Waals surface area contributed by atoms with Crippen molar-refractivity contribution in [1.29, 1.82) is 0 Å². The number of carbonyl (C=O) groups excluding carboxylic acids is 2. The molecule has 1 aromatic carbocycles. The molecule has 0 atom stereocenters. The third-order valence-electron chi connectivity index (χ3n) is 3.48. The number of nitrogens with one attached hydrogen (secondary N) is 2. The number of carbonyl (C=O) groups is 2. The lowest BCUT2D eigenvalue weighted by Gasteiger charge is -2.13. The zero-order valence-corrected chi connectivity index (χ0v) is 12.1. The summed E-state index contributed by atoms with van der Waals surface area (Å²) in [5.74, 6) is 0.517. The van der Waals surface area contributed by atoms with Gasteiger partial charge in [0.1, 0.15) is 0 Å². The fraction of sp³-hybridized carbons (Fsp3) is 0.467. The molecule has 21 heavy (non-hydrogen) atoms. The van der Waals surface area contributed by atoms with Crippen LogP contribution in [0.3, 0.4) is 0 Å². The van der Waals surface area contributed by atoms with Gasteiger partial charge in [-0.3, -0.25) is 20.4 Å². The Morgan fingerprint density at radius 2 is 1.81 bits per heavy atom. The van der Waals surface area contributed by atoms with Crippen LogP contribution in [0.25, 0.3) is 0 Å². The van der Waals surface area contributed by atoms with Crippen molar-refractivity contribution in [2.24, 2.45) is 5.92 Å². The number of hydrazine groups is 1. The molecule has 0 aromatic heterocycles. The maximum atomic E-state index is 11.7. The maximum Gasteiger partial charge on any atom is 0.276 e. The monoisotopic (exact) mass is 292 g/mol. The minimum Gasteiger partial charge on any atom is -0.493 e. The second kappa shape index (κ2) is 7.52. The molecule has 1 saturated carbocycles. The fourth-order valence-corrected chi connectivity index (χ4v) is 2.34. The van der Waals surface area contributed by atoms with Crippen LogP contribution < -0.4 is 20.3 Å². The van der Waals surface area contributed by atoms with Crippen molar-refractivity contribution in [2.45, 2.75) is 25.7 Å². The van der Waals surface area contributed by atoms with Gasteiger partial charge >= 0.3 is 0 Å². The summed E-state index contributed by atoms with van der Waals surface area (Å²) >= 11 is 0. The molecule has 0 heterocycles. The number of benzene rings is 1.